The first-order chi connectivity index (χ1) is 9.53. The zero-order valence-electron chi connectivity index (χ0n) is 11.6. The van der Waals surface area contributed by atoms with E-state index in [9.17, 15) is 8.42 Å². The minimum absolute atomic E-state index is 0.170. The van der Waals surface area contributed by atoms with Gasteiger partial charge in [-0.25, -0.2) is 8.42 Å². The smallest absolute Gasteiger partial charge is 0.179 e. The lowest BCUT2D eigenvalue weighted by molar-refractivity contribution is 0.127. The number of rotatable bonds is 6. The minimum atomic E-state index is -3.20. The van der Waals surface area contributed by atoms with Crippen LogP contribution in [0.4, 0.5) is 0 Å². The van der Waals surface area contributed by atoms with Gasteiger partial charge in [-0.05, 0) is 31.0 Å². The summed E-state index contributed by atoms with van der Waals surface area (Å²) in [5.74, 6) is 0.780. The molecular formula is C14H21NO3S2. The van der Waals surface area contributed by atoms with E-state index in [0.29, 0.717) is 22.4 Å². The van der Waals surface area contributed by atoms with E-state index in [4.69, 9.17) is 10.5 Å². The van der Waals surface area contributed by atoms with Crippen LogP contribution in [0.25, 0.3) is 0 Å². The lowest BCUT2D eigenvalue weighted by Gasteiger charge is -2.13. The Labute approximate surface area is 125 Å². The third-order valence-electron chi connectivity index (χ3n) is 3.51. The van der Waals surface area contributed by atoms with Crippen LogP contribution in [0, 0.1) is 0 Å². The van der Waals surface area contributed by atoms with Gasteiger partial charge in [-0.15, -0.1) is 0 Å². The molecule has 1 aliphatic rings. The molecule has 1 heterocycles. The maximum Gasteiger partial charge on any atom is 0.179 e. The van der Waals surface area contributed by atoms with Crippen molar-refractivity contribution in [1.29, 1.82) is 0 Å². The highest BCUT2D eigenvalue weighted by Crippen LogP contribution is 2.26. The molecule has 1 aromatic rings. The number of benzene rings is 1. The molecule has 0 spiro atoms. The van der Waals surface area contributed by atoms with Crippen LogP contribution in [0.15, 0.2) is 29.2 Å². The molecule has 1 aliphatic heterocycles. The van der Waals surface area contributed by atoms with Crippen LogP contribution in [-0.4, -0.2) is 37.9 Å². The van der Waals surface area contributed by atoms with Crippen molar-refractivity contribution in [3.63, 3.8) is 0 Å². The van der Waals surface area contributed by atoms with E-state index in [1.165, 1.54) is 0 Å². The van der Waals surface area contributed by atoms with E-state index < -0.39 is 9.84 Å². The normalized spacial score (nSPS) is 23.1. The zero-order chi connectivity index (χ0) is 14.6. The fourth-order valence-corrected chi connectivity index (χ4v) is 5.16. The van der Waals surface area contributed by atoms with Crippen molar-refractivity contribution in [2.75, 3.05) is 18.1 Å². The van der Waals surface area contributed by atoms with Crippen molar-refractivity contribution in [3.8, 4) is 0 Å². The topological polar surface area (TPSA) is 69.4 Å². The van der Waals surface area contributed by atoms with Crippen LogP contribution >= 0.6 is 11.8 Å². The van der Waals surface area contributed by atoms with Gasteiger partial charge in [0.15, 0.2) is 9.84 Å². The Morgan fingerprint density at radius 2 is 2.05 bits per heavy atom. The Morgan fingerprint density at radius 3 is 2.60 bits per heavy atom. The van der Waals surface area contributed by atoms with Gasteiger partial charge in [0.25, 0.3) is 0 Å². The number of ether oxygens (including phenoxy) is 1. The molecule has 0 bridgehead atoms. The molecule has 0 amide bonds. The highest BCUT2D eigenvalue weighted by molar-refractivity contribution is 8.01. The second-order valence-electron chi connectivity index (χ2n) is 4.94. The molecule has 6 heteroatoms. The lowest BCUT2D eigenvalue weighted by Crippen LogP contribution is -2.16. The molecule has 1 saturated heterocycles. The summed E-state index contributed by atoms with van der Waals surface area (Å²) in [5.41, 5.74) is 6.45. The van der Waals surface area contributed by atoms with Gasteiger partial charge in [0.2, 0.25) is 0 Å². The molecule has 0 saturated carbocycles. The zero-order valence-corrected chi connectivity index (χ0v) is 13.3. The highest BCUT2D eigenvalue weighted by Gasteiger charge is 2.25. The average molecular weight is 315 g/mol. The third kappa shape index (κ3) is 3.97. The third-order valence-corrected chi connectivity index (χ3v) is 6.99. The highest BCUT2D eigenvalue weighted by atomic mass is 32.2. The Balaban J connectivity index is 1.89. The summed E-state index contributed by atoms with van der Waals surface area (Å²) in [6.45, 7) is 3.26. The summed E-state index contributed by atoms with van der Waals surface area (Å²) >= 11 is 1.70. The predicted molar refractivity (Wildman–Crippen MR) is 82.7 cm³/mol. The quantitative estimate of drug-likeness (QED) is 0.867. The largest absolute Gasteiger partial charge is 0.377 e. The van der Waals surface area contributed by atoms with Crippen molar-refractivity contribution >= 4 is 21.6 Å². The van der Waals surface area contributed by atoms with Gasteiger partial charge >= 0.3 is 0 Å². The molecule has 20 heavy (non-hydrogen) atoms. The summed E-state index contributed by atoms with van der Waals surface area (Å²) in [7, 11) is -3.20. The van der Waals surface area contributed by atoms with E-state index in [-0.39, 0.29) is 11.9 Å². The lowest BCUT2D eigenvalue weighted by atomic mass is 10.2. The maximum atomic E-state index is 12.2. The summed E-state index contributed by atoms with van der Waals surface area (Å²) in [6, 6.07) is 6.83. The van der Waals surface area contributed by atoms with Gasteiger partial charge < -0.3 is 10.5 Å². The van der Waals surface area contributed by atoms with Crippen molar-refractivity contribution in [1.82, 2.24) is 0 Å². The monoisotopic (exact) mass is 315 g/mol. The van der Waals surface area contributed by atoms with Crippen LogP contribution in [0.5, 0.6) is 0 Å². The van der Waals surface area contributed by atoms with E-state index in [2.05, 4.69) is 0 Å². The average Bonchev–Trinajstić information content (AvgIpc) is 2.84. The Kier molecular flexibility index (Phi) is 5.49. The number of nitrogens with two attached hydrogens (primary N) is 1. The van der Waals surface area contributed by atoms with Gasteiger partial charge in [0.1, 0.15) is 0 Å². The molecule has 2 unspecified atom stereocenters. The van der Waals surface area contributed by atoms with E-state index in [1.54, 1.807) is 36.0 Å². The van der Waals surface area contributed by atoms with Crippen LogP contribution in [0.2, 0.25) is 0 Å². The molecule has 0 aliphatic carbocycles. The van der Waals surface area contributed by atoms with Crippen LogP contribution < -0.4 is 5.73 Å². The summed E-state index contributed by atoms with van der Waals surface area (Å²) in [4.78, 5) is 0.381. The van der Waals surface area contributed by atoms with Gasteiger partial charge in [-0.1, -0.05) is 12.1 Å². The first-order valence-electron chi connectivity index (χ1n) is 6.78. The Hall–Kier alpha value is -0.560. The molecule has 2 rings (SSSR count). The van der Waals surface area contributed by atoms with Gasteiger partial charge in [0.05, 0.1) is 16.8 Å². The summed E-state index contributed by atoms with van der Waals surface area (Å²) in [6.07, 6.45) is 1.24. The molecule has 112 valence electrons. The van der Waals surface area contributed by atoms with Crippen LogP contribution in [0.1, 0.15) is 18.9 Å². The van der Waals surface area contributed by atoms with Gasteiger partial charge in [0, 0.05) is 24.2 Å². The molecule has 1 aromatic carbocycles. The molecule has 0 radical (unpaired) electrons. The number of hydrogen-bond acceptors (Lipinski definition) is 5. The number of thioether (sulfide) groups is 1. The molecule has 1 fully saturated rings. The van der Waals surface area contributed by atoms with Gasteiger partial charge in [-0.3, -0.25) is 0 Å². The van der Waals surface area contributed by atoms with Crippen molar-refractivity contribution in [3.05, 3.63) is 29.8 Å². The number of hydrogen-bond donors (Lipinski definition) is 1. The Bertz CT molecular complexity index is 528. The predicted octanol–water partition coefficient (Wildman–Crippen LogP) is 1.83. The molecular weight excluding hydrogens is 294 g/mol. The molecule has 2 atom stereocenters. The molecule has 0 aromatic heterocycles. The summed E-state index contributed by atoms with van der Waals surface area (Å²) in [5, 5.41) is 0.421. The second-order valence-corrected chi connectivity index (χ2v) is 8.40. The fourth-order valence-electron chi connectivity index (χ4n) is 2.19. The molecule has 2 N–H and O–H groups in total. The first-order valence-corrected chi connectivity index (χ1v) is 9.48. The minimum Gasteiger partial charge on any atom is -0.377 e. The van der Waals surface area contributed by atoms with Crippen LogP contribution in [-0.2, 0) is 21.1 Å². The number of sulfone groups is 1. The van der Waals surface area contributed by atoms with Crippen molar-refractivity contribution in [2.45, 2.75) is 36.1 Å². The van der Waals surface area contributed by atoms with Crippen molar-refractivity contribution in [2.24, 2.45) is 5.73 Å². The maximum absolute atomic E-state index is 12.2. The fraction of sp³-hybridized carbons (Fsp3) is 0.571. The SMILES string of the molecule is CC1OCCC1SCCS(=O)(=O)c1ccc(CN)cc1. The molecule has 4 nitrogen and oxygen atoms in total. The second kappa shape index (κ2) is 6.93. The standard InChI is InChI=1S/C14H21NO3S2/c1-11-14(6-7-18-11)19-8-9-20(16,17)13-4-2-12(10-15)3-5-13/h2-5,11,14H,6-10,15H2,1H3. The van der Waals surface area contributed by atoms with Crippen LogP contribution in [0.3, 0.4) is 0 Å². The van der Waals surface area contributed by atoms with Gasteiger partial charge in [-0.2, -0.15) is 11.8 Å². The van der Waals surface area contributed by atoms with E-state index in [0.717, 1.165) is 18.6 Å². The van der Waals surface area contributed by atoms with E-state index >= 15 is 0 Å². The van der Waals surface area contributed by atoms with E-state index in [1.807, 2.05) is 6.92 Å². The Morgan fingerprint density at radius 1 is 1.35 bits per heavy atom. The van der Waals surface area contributed by atoms with Crippen molar-refractivity contribution < 1.29 is 13.2 Å². The first kappa shape index (κ1) is 15.8. The summed E-state index contributed by atoms with van der Waals surface area (Å²) < 4.78 is 29.9.